The van der Waals surface area contributed by atoms with Crippen molar-refractivity contribution < 1.29 is 4.74 Å². The summed E-state index contributed by atoms with van der Waals surface area (Å²) in [6.45, 7) is 12.4. The second kappa shape index (κ2) is 9.74. The zero-order valence-electron chi connectivity index (χ0n) is 14.2. The summed E-state index contributed by atoms with van der Waals surface area (Å²) in [4.78, 5) is 7.01. The van der Waals surface area contributed by atoms with Crippen LogP contribution in [0.15, 0.2) is 18.3 Å². The van der Waals surface area contributed by atoms with Crippen LogP contribution in [0.4, 0.5) is 5.69 Å². The van der Waals surface area contributed by atoms with Crippen LogP contribution in [0.25, 0.3) is 0 Å². The highest BCUT2D eigenvalue weighted by molar-refractivity contribution is 5.44. The lowest BCUT2D eigenvalue weighted by Gasteiger charge is -2.26. The molecule has 1 heterocycles. The monoisotopic (exact) mass is 293 g/mol. The zero-order valence-corrected chi connectivity index (χ0v) is 14.2. The molecular formula is C17H31N3O. The number of hydrogen-bond donors (Lipinski definition) is 1. The van der Waals surface area contributed by atoms with Crippen molar-refractivity contribution in [2.45, 2.75) is 40.2 Å². The fraction of sp³-hybridized carbons (Fsp3) is 0.706. The van der Waals surface area contributed by atoms with Crippen LogP contribution in [-0.4, -0.2) is 38.3 Å². The Labute approximate surface area is 129 Å². The summed E-state index contributed by atoms with van der Waals surface area (Å²) in [5.41, 5.74) is 2.30. The van der Waals surface area contributed by atoms with Gasteiger partial charge in [-0.3, -0.25) is 4.98 Å². The van der Waals surface area contributed by atoms with E-state index in [1.807, 2.05) is 6.20 Å². The van der Waals surface area contributed by atoms with E-state index < -0.39 is 0 Å². The lowest BCUT2D eigenvalue weighted by Crippen LogP contribution is -2.31. The molecule has 0 saturated carbocycles. The van der Waals surface area contributed by atoms with Crippen LogP contribution in [0, 0.1) is 5.92 Å². The number of anilines is 1. The van der Waals surface area contributed by atoms with Crippen molar-refractivity contribution in [2.75, 3.05) is 38.3 Å². The molecule has 0 amide bonds. The molecule has 120 valence electrons. The Hall–Kier alpha value is -1.13. The predicted octanol–water partition coefficient (Wildman–Crippen LogP) is 3.25. The van der Waals surface area contributed by atoms with Crippen LogP contribution in [-0.2, 0) is 4.74 Å². The van der Waals surface area contributed by atoms with E-state index in [9.17, 15) is 0 Å². The fourth-order valence-corrected chi connectivity index (χ4v) is 2.46. The Bertz CT molecular complexity index is 378. The van der Waals surface area contributed by atoms with Gasteiger partial charge in [-0.25, -0.2) is 0 Å². The number of methoxy groups -OCH3 is 1. The van der Waals surface area contributed by atoms with Gasteiger partial charge in [-0.05, 0) is 31.0 Å². The highest BCUT2D eigenvalue weighted by Gasteiger charge is 2.12. The fourth-order valence-electron chi connectivity index (χ4n) is 2.46. The molecule has 0 aliphatic rings. The summed E-state index contributed by atoms with van der Waals surface area (Å²) in [7, 11) is 1.75. The van der Waals surface area contributed by atoms with Gasteiger partial charge in [-0.1, -0.05) is 27.7 Å². The molecule has 4 heteroatoms. The normalized spacial score (nSPS) is 12.7. The average molecular weight is 293 g/mol. The Kier molecular flexibility index (Phi) is 8.31. The first-order chi connectivity index (χ1) is 10.1. The third-order valence-electron chi connectivity index (χ3n) is 3.50. The number of pyridine rings is 1. The number of ether oxygens (including phenoxy) is 1. The van der Waals surface area contributed by atoms with Crippen molar-refractivity contribution >= 4 is 5.69 Å². The Morgan fingerprint density at radius 3 is 2.52 bits per heavy atom. The Balaban J connectivity index is 2.80. The molecule has 0 aliphatic carbocycles. The zero-order chi connectivity index (χ0) is 15.7. The second-order valence-electron chi connectivity index (χ2n) is 5.79. The minimum absolute atomic E-state index is 0.349. The van der Waals surface area contributed by atoms with E-state index in [1.54, 1.807) is 7.11 Å². The standard InChI is InChI=1S/C17H31N3O/c1-6-16(18-7-2)17-9-8-15(12-19-17)20(10-11-21-5)13-14(3)4/h8-9,12,14,16,18H,6-7,10-11,13H2,1-5H3. The van der Waals surface area contributed by atoms with Crippen LogP contribution in [0.2, 0.25) is 0 Å². The van der Waals surface area contributed by atoms with E-state index >= 15 is 0 Å². The number of aromatic nitrogens is 1. The maximum Gasteiger partial charge on any atom is 0.0637 e. The number of hydrogen-bond acceptors (Lipinski definition) is 4. The molecule has 1 N–H and O–H groups in total. The predicted molar refractivity (Wildman–Crippen MR) is 89.9 cm³/mol. The van der Waals surface area contributed by atoms with E-state index in [4.69, 9.17) is 4.74 Å². The van der Waals surface area contributed by atoms with Crippen molar-refractivity contribution in [3.8, 4) is 0 Å². The molecule has 0 spiro atoms. The minimum Gasteiger partial charge on any atom is -0.383 e. The molecule has 0 fully saturated rings. The first kappa shape index (κ1) is 17.9. The van der Waals surface area contributed by atoms with Gasteiger partial charge in [0.15, 0.2) is 0 Å². The smallest absolute Gasteiger partial charge is 0.0637 e. The highest BCUT2D eigenvalue weighted by Crippen LogP contribution is 2.19. The molecular weight excluding hydrogens is 262 g/mol. The second-order valence-corrected chi connectivity index (χ2v) is 5.79. The van der Waals surface area contributed by atoms with Gasteiger partial charge < -0.3 is 15.0 Å². The van der Waals surface area contributed by atoms with E-state index in [-0.39, 0.29) is 0 Å². The van der Waals surface area contributed by atoms with Crippen LogP contribution < -0.4 is 10.2 Å². The van der Waals surface area contributed by atoms with Crippen LogP contribution in [0.1, 0.15) is 45.9 Å². The van der Waals surface area contributed by atoms with E-state index in [2.05, 4.69) is 55.0 Å². The largest absolute Gasteiger partial charge is 0.383 e. The van der Waals surface area contributed by atoms with E-state index in [1.165, 1.54) is 5.69 Å². The first-order valence-corrected chi connectivity index (χ1v) is 8.05. The van der Waals surface area contributed by atoms with Gasteiger partial charge in [-0.2, -0.15) is 0 Å². The maximum atomic E-state index is 5.21. The molecule has 0 bridgehead atoms. The van der Waals surface area contributed by atoms with Crippen molar-refractivity contribution in [1.82, 2.24) is 10.3 Å². The molecule has 1 atom stereocenters. The van der Waals surface area contributed by atoms with Crippen LogP contribution >= 0.6 is 0 Å². The van der Waals surface area contributed by atoms with Crippen molar-refractivity contribution in [3.63, 3.8) is 0 Å². The quantitative estimate of drug-likeness (QED) is 0.718. The van der Waals surface area contributed by atoms with Gasteiger partial charge in [0.05, 0.1) is 24.2 Å². The molecule has 1 unspecified atom stereocenters. The maximum absolute atomic E-state index is 5.21. The molecule has 1 rings (SSSR count). The molecule has 0 aliphatic heterocycles. The molecule has 1 aromatic heterocycles. The Morgan fingerprint density at radius 2 is 2.05 bits per heavy atom. The van der Waals surface area contributed by atoms with Crippen molar-refractivity contribution in [1.29, 1.82) is 0 Å². The minimum atomic E-state index is 0.349. The third-order valence-corrected chi connectivity index (χ3v) is 3.50. The van der Waals surface area contributed by atoms with Gasteiger partial charge in [0, 0.05) is 26.2 Å². The molecule has 21 heavy (non-hydrogen) atoms. The number of rotatable bonds is 10. The Morgan fingerprint density at radius 1 is 1.29 bits per heavy atom. The van der Waals surface area contributed by atoms with E-state index in [0.717, 1.165) is 38.4 Å². The highest BCUT2D eigenvalue weighted by atomic mass is 16.5. The molecule has 0 saturated heterocycles. The molecule has 0 aromatic carbocycles. The average Bonchev–Trinajstić information content (AvgIpc) is 2.49. The summed E-state index contributed by atoms with van der Waals surface area (Å²) in [5.74, 6) is 0.617. The lowest BCUT2D eigenvalue weighted by molar-refractivity contribution is 0.204. The lowest BCUT2D eigenvalue weighted by atomic mass is 10.1. The number of nitrogens with one attached hydrogen (secondary N) is 1. The summed E-state index contributed by atoms with van der Waals surface area (Å²) in [5, 5.41) is 3.47. The summed E-state index contributed by atoms with van der Waals surface area (Å²) >= 11 is 0. The van der Waals surface area contributed by atoms with E-state index in [0.29, 0.717) is 12.0 Å². The van der Waals surface area contributed by atoms with Crippen molar-refractivity contribution in [3.05, 3.63) is 24.0 Å². The summed E-state index contributed by atoms with van der Waals surface area (Å²) < 4.78 is 5.21. The number of nitrogens with zero attached hydrogens (tertiary/aromatic N) is 2. The molecule has 0 radical (unpaired) electrons. The topological polar surface area (TPSA) is 37.4 Å². The van der Waals surface area contributed by atoms with Crippen molar-refractivity contribution in [2.24, 2.45) is 5.92 Å². The van der Waals surface area contributed by atoms with Gasteiger partial charge in [0.2, 0.25) is 0 Å². The molecule has 1 aromatic rings. The SMILES string of the molecule is CCNC(CC)c1ccc(N(CCOC)CC(C)C)cn1. The van der Waals surface area contributed by atoms with Gasteiger partial charge in [0.1, 0.15) is 0 Å². The van der Waals surface area contributed by atoms with Gasteiger partial charge in [-0.15, -0.1) is 0 Å². The van der Waals surface area contributed by atoms with Gasteiger partial charge in [0.25, 0.3) is 0 Å². The molecule has 4 nitrogen and oxygen atoms in total. The van der Waals surface area contributed by atoms with Crippen LogP contribution in [0.3, 0.4) is 0 Å². The third kappa shape index (κ3) is 6.02. The van der Waals surface area contributed by atoms with Gasteiger partial charge >= 0.3 is 0 Å². The summed E-state index contributed by atoms with van der Waals surface area (Å²) in [6.07, 6.45) is 3.05. The van der Waals surface area contributed by atoms with Crippen LogP contribution in [0.5, 0.6) is 0 Å². The first-order valence-electron chi connectivity index (χ1n) is 8.05. The summed E-state index contributed by atoms with van der Waals surface area (Å²) in [6, 6.07) is 4.67.